The van der Waals surface area contributed by atoms with Crippen molar-refractivity contribution in [1.29, 1.82) is 0 Å². The summed E-state index contributed by atoms with van der Waals surface area (Å²) < 4.78 is 5.76. The van der Waals surface area contributed by atoms with Gasteiger partial charge in [0.2, 0.25) is 0 Å². The van der Waals surface area contributed by atoms with Crippen molar-refractivity contribution in [1.82, 2.24) is 0 Å². The normalized spacial score (nSPS) is 12.2. The summed E-state index contributed by atoms with van der Waals surface area (Å²) in [4.78, 5) is 0.156. The summed E-state index contributed by atoms with van der Waals surface area (Å²) in [6.07, 6.45) is 0. The van der Waals surface area contributed by atoms with E-state index >= 15 is 0 Å². The van der Waals surface area contributed by atoms with Gasteiger partial charge in [-0.25, -0.2) is 0 Å². The summed E-state index contributed by atoms with van der Waals surface area (Å²) in [5.74, 6) is 0.957. The molecule has 0 aliphatic heterocycles. The number of alkyl halides is 1. The molecule has 0 radical (unpaired) electrons. The SMILES string of the molecule is CCOc1ccc(C)cc1C(Br)c1ccc(C)c(C)c1. The first-order valence-corrected chi connectivity index (χ1v) is 7.89. The summed E-state index contributed by atoms with van der Waals surface area (Å²) >= 11 is 3.83. The molecule has 106 valence electrons. The quantitative estimate of drug-likeness (QED) is 0.672. The number of halogens is 1. The molecule has 0 aliphatic carbocycles. The Kier molecular flexibility index (Phi) is 4.87. The molecule has 0 amide bonds. The molecule has 0 aromatic heterocycles. The van der Waals surface area contributed by atoms with E-state index < -0.39 is 0 Å². The molecule has 1 atom stereocenters. The van der Waals surface area contributed by atoms with Gasteiger partial charge < -0.3 is 4.74 Å². The molecule has 0 heterocycles. The molecule has 0 aliphatic rings. The Morgan fingerprint density at radius 2 is 1.75 bits per heavy atom. The molecular weight excluding hydrogens is 312 g/mol. The fourth-order valence-electron chi connectivity index (χ4n) is 2.25. The zero-order chi connectivity index (χ0) is 14.7. The lowest BCUT2D eigenvalue weighted by molar-refractivity contribution is 0.337. The highest BCUT2D eigenvalue weighted by Gasteiger charge is 2.16. The zero-order valence-electron chi connectivity index (χ0n) is 12.5. The first kappa shape index (κ1) is 15.1. The average Bonchev–Trinajstić information content (AvgIpc) is 2.43. The highest BCUT2D eigenvalue weighted by atomic mass is 79.9. The number of ether oxygens (including phenoxy) is 1. The summed E-state index contributed by atoms with van der Waals surface area (Å²) in [5.41, 5.74) is 6.34. The molecule has 0 fully saturated rings. The van der Waals surface area contributed by atoms with E-state index in [-0.39, 0.29) is 4.83 Å². The van der Waals surface area contributed by atoms with E-state index in [0.717, 1.165) is 5.75 Å². The van der Waals surface area contributed by atoms with Crippen LogP contribution < -0.4 is 4.74 Å². The molecule has 2 rings (SSSR count). The van der Waals surface area contributed by atoms with Crippen LogP contribution in [0.15, 0.2) is 36.4 Å². The predicted molar refractivity (Wildman–Crippen MR) is 89.0 cm³/mol. The van der Waals surface area contributed by atoms with Crippen LogP contribution in [0.1, 0.15) is 39.6 Å². The van der Waals surface area contributed by atoms with Gasteiger partial charge in [0.15, 0.2) is 0 Å². The van der Waals surface area contributed by atoms with Crippen molar-refractivity contribution in [3.8, 4) is 5.75 Å². The Bertz CT molecular complexity index is 604. The molecule has 20 heavy (non-hydrogen) atoms. The molecular formula is C18H21BrO. The van der Waals surface area contributed by atoms with E-state index in [1.807, 2.05) is 6.92 Å². The van der Waals surface area contributed by atoms with E-state index in [1.165, 1.54) is 27.8 Å². The third-order valence-corrected chi connectivity index (χ3v) is 4.58. The van der Waals surface area contributed by atoms with Crippen molar-refractivity contribution < 1.29 is 4.74 Å². The maximum absolute atomic E-state index is 5.76. The van der Waals surface area contributed by atoms with Gasteiger partial charge in [0.05, 0.1) is 11.4 Å². The van der Waals surface area contributed by atoms with Crippen molar-refractivity contribution >= 4 is 15.9 Å². The highest BCUT2D eigenvalue weighted by Crippen LogP contribution is 2.37. The highest BCUT2D eigenvalue weighted by molar-refractivity contribution is 9.09. The van der Waals surface area contributed by atoms with Crippen LogP contribution in [0.5, 0.6) is 5.75 Å². The van der Waals surface area contributed by atoms with Crippen LogP contribution >= 0.6 is 15.9 Å². The third-order valence-electron chi connectivity index (χ3n) is 3.56. The molecule has 2 aromatic rings. The average molecular weight is 333 g/mol. The van der Waals surface area contributed by atoms with Crippen LogP contribution in [0.2, 0.25) is 0 Å². The Morgan fingerprint density at radius 1 is 1.00 bits per heavy atom. The number of benzene rings is 2. The lowest BCUT2D eigenvalue weighted by atomic mass is 9.99. The number of hydrogen-bond acceptors (Lipinski definition) is 1. The van der Waals surface area contributed by atoms with Gasteiger partial charge in [-0.2, -0.15) is 0 Å². The Balaban J connectivity index is 2.43. The standard InChI is InChI=1S/C18H21BrO/c1-5-20-17-9-6-12(2)10-16(17)18(19)15-8-7-13(3)14(4)11-15/h6-11,18H,5H2,1-4H3. The zero-order valence-corrected chi connectivity index (χ0v) is 14.1. The van der Waals surface area contributed by atoms with Gasteiger partial charge >= 0.3 is 0 Å². The second-order valence-electron chi connectivity index (χ2n) is 5.18. The topological polar surface area (TPSA) is 9.23 Å². The molecule has 0 saturated heterocycles. The lowest BCUT2D eigenvalue weighted by Crippen LogP contribution is -2.01. The maximum atomic E-state index is 5.76. The number of aryl methyl sites for hydroxylation is 3. The Morgan fingerprint density at radius 3 is 2.40 bits per heavy atom. The van der Waals surface area contributed by atoms with E-state index in [9.17, 15) is 0 Å². The van der Waals surface area contributed by atoms with Gasteiger partial charge in [-0.3, -0.25) is 0 Å². The molecule has 2 heteroatoms. The van der Waals surface area contributed by atoms with Crippen LogP contribution in [0.25, 0.3) is 0 Å². The van der Waals surface area contributed by atoms with Crippen LogP contribution in [-0.4, -0.2) is 6.61 Å². The summed E-state index contributed by atoms with van der Waals surface area (Å²) in [6.45, 7) is 9.10. The minimum atomic E-state index is 0.156. The van der Waals surface area contributed by atoms with Crippen molar-refractivity contribution in [3.63, 3.8) is 0 Å². The first-order chi connectivity index (χ1) is 9.52. The fourth-order valence-corrected chi connectivity index (χ4v) is 2.90. The molecule has 1 nitrogen and oxygen atoms in total. The Hall–Kier alpha value is -1.28. The van der Waals surface area contributed by atoms with Gasteiger partial charge in [-0.15, -0.1) is 0 Å². The smallest absolute Gasteiger partial charge is 0.123 e. The van der Waals surface area contributed by atoms with Crippen LogP contribution in [0.4, 0.5) is 0 Å². The van der Waals surface area contributed by atoms with Crippen molar-refractivity contribution in [2.45, 2.75) is 32.5 Å². The third kappa shape index (κ3) is 3.24. The molecule has 0 saturated carbocycles. The van der Waals surface area contributed by atoms with E-state index in [4.69, 9.17) is 4.74 Å². The fraction of sp³-hybridized carbons (Fsp3) is 0.333. The van der Waals surface area contributed by atoms with Crippen molar-refractivity contribution in [2.24, 2.45) is 0 Å². The van der Waals surface area contributed by atoms with Gasteiger partial charge in [0.25, 0.3) is 0 Å². The summed E-state index contributed by atoms with van der Waals surface area (Å²) in [6, 6.07) is 12.9. The van der Waals surface area contributed by atoms with Gasteiger partial charge in [-0.1, -0.05) is 51.8 Å². The largest absolute Gasteiger partial charge is 0.494 e. The van der Waals surface area contributed by atoms with Crippen LogP contribution in [0, 0.1) is 20.8 Å². The van der Waals surface area contributed by atoms with Crippen molar-refractivity contribution in [2.75, 3.05) is 6.61 Å². The molecule has 1 unspecified atom stereocenters. The first-order valence-electron chi connectivity index (χ1n) is 6.97. The molecule has 0 N–H and O–H groups in total. The van der Waals surface area contributed by atoms with Gasteiger partial charge in [-0.05, 0) is 50.5 Å². The predicted octanol–water partition coefficient (Wildman–Crippen LogP) is 5.49. The van der Waals surface area contributed by atoms with Gasteiger partial charge in [0.1, 0.15) is 5.75 Å². The minimum absolute atomic E-state index is 0.156. The molecule has 2 aromatic carbocycles. The Labute approximate surface area is 130 Å². The second kappa shape index (κ2) is 6.45. The minimum Gasteiger partial charge on any atom is -0.494 e. The van der Waals surface area contributed by atoms with E-state index in [1.54, 1.807) is 0 Å². The van der Waals surface area contributed by atoms with Crippen molar-refractivity contribution in [3.05, 3.63) is 64.2 Å². The van der Waals surface area contributed by atoms with Crippen LogP contribution in [0.3, 0.4) is 0 Å². The number of rotatable bonds is 4. The van der Waals surface area contributed by atoms with Gasteiger partial charge in [0, 0.05) is 5.56 Å². The summed E-state index contributed by atoms with van der Waals surface area (Å²) in [7, 11) is 0. The lowest BCUT2D eigenvalue weighted by Gasteiger charge is -2.17. The van der Waals surface area contributed by atoms with E-state index in [2.05, 4.69) is 73.1 Å². The summed E-state index contributed by atoms with van der Waals surface area (Å²) in [5, 5.41) is 0. The van der Waals surface area contributed by atoms with E-state index in [0.29, 0.717) is 6.61 Å². The monoisotopic (exact) mass is 332 g/mol. The second-order valence-corrected chi connectivity index (χ2v) is 6.10. The number of hydrogen-bond donors (Lipinski definition) is 0. The maximum Gasteiger partial charge on any atom is 0.123 e. The molecule has 0 spiro atoms. The molecule has 0 bridgehead atoms. The van der Waals surface area contributed by atoms with Crippen LogP contribution in [-0.2, 0) is 0 Å².